The van der Waals surface area contributed by atoms with E-state index in [2.05, 4.69) is 0 Å². The first-order valence-electron chi connectivity index (χ1n) is 9.92. The van der Waals surface area contributed by atoms with Crippen LogP contribution in [0, 0.1) is 6.92 Å². The number of aryl methyl sites for hydroxylation is 1. The van der Waals surface area contributed by atoms with Gasteiger partial charge in [-0.2, -0.15) is 0 Å². The van der Waals surface area contributed by atoms with Crippen molar-refractivity contribution in [2.24, 2.45) is 0 Å². The maximum atomic E-state index is 13.9. The highest BCUT2D eigenvalue weighted by Gasteiger charge is 2.24. The SMILES string of the molecule is CCOC(=O)c1c(C)cc(N(Cc2ccccc2)Cc2ccccc2)cc1C(F)F. The van der Waals surface area contributed by atoms with E-state index in [1.165, 1.54) is 6.07 Å². The average molecular weight is 409 g/mol. The van der Waals surface area contributed by atoms with Gasteiger partial charge in [0.15, 0.2) is 0 Å². The van der Waals surface area contributed by atoms with E-state index in [0.29, 0.717) is 24.3 Å². The monoisotopic (exact) mass is 409 g/mol. The third-order valence-corrected chi connectivity index (χ3v) is 4.86. The molecular formula is C25H25F2NO2. The van der Waals surface area contributed by atoms with Gasteiger partial charge >= 0.3 is 5.97 Å². The largest absolute Gasteiger partial charge is 0.462 e. The molecule has 156 valence electrons. The highest BCUT2D eigenvalue weighted by molar-refractivity contribution is 5.93. The minimum atomic E-state index is -2.78. The van der Waals surface area contributed by atoms with Crippen LogP contribution >= 0.6 is 0 Å². The molecule has 3 aromatic carbocycles. The number of benzene rings is 3. The van der Waals surface area contributed by atoms with Gasteiger partial charge in [0.1, 0.15) is 0 Å². The molecule has 5 heteroatoms. The first-order valence-corrected chi connectivity index (χ1v) is 9.92. The van der Waals surface area contributed by atoms with Gasteiger partial charge in [0.05, 0.1) is 12.2 Å². The lowest BCUT2D eigenvalue weighted by Gasteiger charge is -2.27. The first-order chi connectivity index (χ1) is 14.5. The second kappa shape index (κ2) is 10.0. The van der Waals surface area contributed by atoms with E-state index in [0.717, 1.165) is 11.1 Å². The van der Waals surface area contributed by atoms with Crippen molar-refractivity contribution in [3.05, 3.63) is 101 Å². The van der Waals surface area contributed by atoms with Crippen molar-refractivity contribution in [3.63, 3.8) is 0 Å². The Kier molecular flexibility index (Phi) is 7.17. The lowest BCUT2D eigenvalue weighted by Crippen LogP contribution is -2.23. The van der Waals surface area contributed by atoms with Crippen LogP contribution < -0.4 is 4.90 Å². The number of halogens is 2. The molecule has 0 unspecified atom stereocenters. The molecule has 0 radical (unpaired) electrons. The molecule has 3 aromatic rings. The Labute approximate surface area is 175 Å². The van der Waals surface area contributed by atoms with Gasteiger partial charge in [-0.25, -0.2) is 13.6 Å². The van der Waals surface area contributed by atoms with Crippen LogP contribution in [-0.2, 0) is 17.8 Å². The van der Waals surface area contributed by atoms with Crippen molar-refractivity contribution >= 4 is 11.7 Å². The van der Waals surface area contributed by atoms with Gasteiger partial charge in [-0.15, -0.1) is 0 Å². The molecule has 0 heterocycles. The molecule has 0 saturated heterocycles. The van der Waals surface area contributed by atoms with Crippen LogP contribution in [0.2, 0.25) is 0 Å². The zero-order chi connectivity index (χ0) is 21.5. The molecule has 0 N–H and O–H groups in total. The van der Waals surface area contributed by atoms with Gasteiger partial charge in [0, 0.05) is 24.3 Å². The number of rotatable bonds is 8. The third-order valence-electron chi connectivity index (χ3n) is 4.86. The third kappa shape index (κ3) is 5.23. The standard InChI is InChI=1S/C25H25F2NO2/c1-3-30-25(29)23-18(2)14-21(15-22(23)24(26)27)28(16-19-10-6-4-7-11-19)17-20-12-8-5-9-13-20/h4-15,24H,3,16-17H2,1-2H3. The fourth-order valence-electron chi connectivity index (χ4n) is 3.48. The van der Waals surface area contributed by atoms with Gasteiger partial charge < -0.3 is 9.64 Å². The highest BCUT2D eigenvalue weighted by atomic mass is 19.3. The number of carbonyl (C=O) groups is 1. The van der Waals surface area contributed by atoms with E-state index in [4.69, 9.17) is 4.74 Å². The summed E-state index contributed by atoms with van der Waals surface area (Å²) in [5.41, 5.74) is 2.92. The second-order valence-electron chi connectivity index (χ2n) is 7.08. The molecule has 0 aliphatic heterocycles. The number of carbonyl (C=O) groups excluding carboxylic acids is 1. The van der Waals surface area contributed by atoms with Crippen LogP contribution in [0.1, 0.15) is 46.0 Å². The van der Waals surface area contributed by atoms with Crippen LogP contribution in [0.4, 0.5) is 14.5 Å². The molecule has 0 aliphatic carbocycles. The van der Waals surface area contributed by atoms with E-state index in [-0.39, 0.29) is 17.7 Å². The van der Waals surface area contributed by atoms with Gasteiger partial charge in [-0.1, -0.05) is 60.7 Å². The Morgan fingerprint density at radius 3 is 1.93 bits per heavy atom. The van der Waals surface area contributed by atoms with Crippen molar-refractivity contribution in [1.82, 2.24) is 0 Å². The van der Waals surface area contributed by atoms with Crippen molar-refractivity contribution in [3.8, 4) is 0 Å². The fourth-order valence-corrected chi connectivity index (χ4v) is 3.48. The molecule has 0 bridgehead atoms. The van der Waals surface area contributed by atoms with Gasteiger partial charge in [0.25, 0.3) is 6.43 Å². The number of hydrogen-bond acceptors (Lipinski definition) is 3. The lowest BCUT2D eigenvalue weighted by molar-refractivity contribution is 0.0514. The minimum absolute atomic E-state index is 0.0463. The quantitative estimate of drug-likeness (QED) is 0.408. The predicted molar refractivity (Wildman–Crippen MR) is 115 cm³/mol. The van der Waals surface area contributed by atoms with E-state index < -0.39 is 12.4 Å². The zero-order valence-corrected chi connectivity index (χ0v) is 17.1. The molecule has 3 nitrogen and oxygen atoms in total. The van der Waals surface area contributed by atoms with Crippen LogP contribution in [0.25, 0.3) is 0 Å². The smallest absolute Gasteiger partial charge is 0.338 e. The summed E-state index contributed by atoms with van der Waals surface area (Å²) in [4.78, 5) is 14.3. The number of esters is 1. The van der Waals surface area contributed by atoms with Crippen LogP contribution in [0.15, 0.2) is 72.8 Å². The number of anilines is 1. The number of hydrogen-bond donors (Lipinski definition) is 0. The maximum absolute atomic E-state index is 13.9. The maximum Gasteiger partial charge on any atom is 0.338 e. The second-order valence-corrected chi connectivity index (χ2v) is 7.08. The topological polar surface area (TPSA) is 29.5 Å². The summed E-state index contributed by atoms with van der Waals surface area (Å²) in [6.45, 7) is 4.57. The molecule has 3 rings (SSSR count). The number of nitrogens with zero attached hydrogens (tertiary/aromatic N) is 1. The number of alkyl halides is 2. The van der Waals surface area contributed by atoms with Gasteiger partial charge in [-0.05, 0) is 42.7 Å². The number of ether oxygens (including phenoxy) is 1. The van der Waals surface area contributed by atoms with Crippen molar-refractivity contribution in [2.75, 3.05) is 11.5 Å². The molecule has 0 amide bonds. The molecular weight excluding hydrogens is 384 g/mol. The van der Waals surface area contributed by atoms with Crippen LogP contribution in [0.5, 0.6) is 0 Å². The summed E-state index contributed by atoms with van der Waals surface area (Å²) >= 11 is 0. The lowest BCUT2D eigenvalue weighted by atomic mass is 9.99. The average Bonchev–Trinajstić information content (AvgIpc) is 2.74. The Morgan fingerprint density at radius 2 is 1.47 bits per heavy atom. The van der Waals surface area contributed by atoms with E-state index >= 15 is 0 Å². The minimum Gasteiger partial charge on any atom is -0.462 e. The molecule has 30 heavy (non-hydrogen) atoms. The normalized spacial score (nSPS) is 10.8. The van der Waals surface area contributed by atoms with Crippen molar-refractivity contribution in [2.45, 2.75) is 33.4 Å². The molecule has 0 atom stereocenters. The summed E-state index contributed by atoms with van der Waals surface area (Å²) in [6.07, 6.45) is -2.78. The predicted octanol–water partition coefficient (Wildman–Crippen LogP) is 6.32. The molecule has 0 aliphatic rings. The summed E-state index contributed by atoms with van der Waals surface area (Å²) in [5, 5.41) is 0. The van der Waals surface area contributed by atoms with Crippen LogP contribution in [-0.4, -0.2) is 12.6 Å². The van der Waals surface area contributed by atoms with Crippen molar-refractivity contribution < 1.29 is 18.3 Å². The van der Waals surface area contributed by atoms with Gasteiger partial charge in [-0.3, -0.25) is 0 Å². The zero-order valence-electron chi connectivity index (χ0n) is 17.1. The van der Waals surface area contributed by atoms with E-state index in [1.807, 2.05) is 65.6 Å². The van der Waals surface area contributed by atoms with Gasteiger partial charge in [0.2, 0.25) is 0 Å². The van der Waals surface area contributed by atoms with E-state index in [9.17, 15) is 13.6 Å². The molecule has 0 aromatic heterocycles. The first kappa shape index (κ1) is 21.5. The Hall–Kier alpha value is -3.21. The Balaban J connectivity index is 2.04. The molecule has 0 fully saturated rings. The Morgan fingerprint density at radius 1 is 0.933 bits per heavy atom. The summed E-state index contributed by atoms with van der Waals surface area (Å²) in [7, 11) is 0. The summed E-state index contributed by atoms with van der Waals surface area (Å²) in [5.74, 6) is -0.713. The summed E-state index contributed by atoms with van der Waals surface area (Å²) < 4.78 is 32.8. The highest BCUT2D eigenvalue weighted by Crippen LogP contribution is 2.32. The molecule has 0 saturated carbocycles. The Bertz CT molecular complexity index is 934. The van der Waals surface area contributed by atoms with Crippen molar-refractivity contribution in [1.29, 1.82) is 0 Å². The summed E-state index contributed by atoms with van der Waals surface area (Å²) in [6, 6.07) is 22.9. The van der Waals surface area contributed by atoms with Crippen LogP contribution in [0.3, 0.4) is 0 Å². The molecule has 0 spiro atoms. The van der Waals surface area contributed by atoms with E-state index in [1.54, 1.807) is 19.9 Å². The fraction of sp³-hybridized carbons (Fsp3) is 0.240.